The van der Waals surface area contributed by atoms with Gasteiger partial charge in [0.15, 0.2) is 0 Å². The summed E-state index contributed by atoms with van der Waals surface area (Å²) in [5.41, 5.74) is 0.233. The Labute approximate surface area is 93.9 Å². The molecular weight excluding hydrogens is 268 g/mol. The lowest BCUT2D eigenvalue weighted by Crippen LogP contribution is -2.19. The molecule has 0 atom stereocenters. The minimum absolute atomic E-state index is 0.0964. The first-order valence-electron chi connectivity index (χ1n) is 3.84. The number of benzene rings is 1. The van der Waals surface area contributed by atoms with E-state index in [-0.39, 0.29) is 5.69 Å². The number of nitro groups is 1. The Morgan fingerprint density at radius 1 is 1.60 bits per heavy atom. The van der Waals surface area contributed by atoms with Gasteiger partial charge in [-0.2, -0.15) is 0 Å². The molecule has 0 saturated carbocycles. The molecule has 0 saturated heterocycles. The molecule has 1 rings (SSSR count). The zero-order valence-electron chi connectivity index (χ0n) is 7.71. The van der Waals surface area contributed by atoms with E-state index in [1.54, 1.807) is 6.07 Å². The van der Waals surface area contributed by atoms with Gasteiger partial charge in [0.2, 0.25) is 0 Å². The molecule has 1 aromatic rings. The van der Waals surface area contributed by atoms with Gasteiger partial charge in [0, 0.05) is 12.1 Å². The highest BCUT2D eigenvalue weighted by Gasteiger charge is 2.15. The van der Waals surface area contributed by atoms with Gasteiger partial charge in [-0.25, -0.2) is 8.72 Å². The second-order valence-corrected chi connectivity index (χ2v) is 3.24. The lowest BCUT2D eigenvalue weighted by molar-refractivity contribution is -0.384. The van der Waals surface area contributed by atoms with Crippen LogP contribution in [-0.2, 0) is 4.74 Å². The van der Waals surface area contributed by atoms with E-state index in [1.807, 2.05) is 0 Å². The summed E-state index contributed by atoms with van der Waals surface area (Å²) in [6, 6.07) is 5.61. The molecule has 0 aliphatic carbocycles. The number of methoxy groups -OCH3 is 1. The number of non-ortho nitro benzene ring substituents is 1. The van der Waals surface area contributed by atoms with Gasteiger partial charge >= 0.3 is 6.09 Å². The van der Waals surface area contributed by atoms with E-state index in [9.17, 15) is 14.9 Å². The molecule has 0 aliphatic rings. The number of halogens is 1. The van der Waals surface area contributed by atoms with Crippen LogP contribution in [0.3, 0.4) is 0 Å². The Bertz CT molecular complexity index is 396. The molecule has 7 heteroatoms. The molecule has 0 spiro atoms. The van der Waals surface area contributed by atoms with Crippen LogP contribution in [0.5, 0.6) is 0 Å². The highest BCUT2D eigenvalue weighted by molar-refractivity contribution is 9.10. The molecule has 0 unspecified atom stereocenters. The predicted octanol–water partition coefficient (Wildman–Crippen LogP) is 2.48. The fourth-order valence-corrected chi connectivity index (χ4v) is 1.28. The fraction of sp³-hybridized carbons (Fsp3) is 0.125. The van der Waals surface area contributed by atoms with Crippen molar-refractivity contribution in [1.82, 2.24) is 0 Å². The van der Waals surface area contributed by atoms with Crippen LogP contribution < -0.4 is 3.93 Å². The van der Waals surface area contributed by atoms with Gasteiger partial charge < -0.3 is 4.74 Å². The van der Waals surface area contributed by atoms with E-state index in [0.29, 0.717) is 5.69 Å². The van der Waals surface area contributed by atoms with Gasteiger partial charge in [-0.1, -0.05) is 6.07 Å². The third kappa shape index (κ3) is 2.66. The molecule has 0 aromatic heterocycles. The van der Waals surface area contributed by atoms with Gasteiger partial charge in [-0.15, -0.1) is 0 Å². The third-order valence-electron chi connectivity index (χ3n) is 1.60. The Kier molecular flexibility index (Phi) is 3.62. The number of amides is 1. The molecule has 15 heavy (non-hydrogen) atoms. The van der Waals surface area contributed by atoms with Crippen molar-refractivity contribution in [2.45, 2.75) is 0 Å². The van der Waals surface area contributed by atoms with E-state index in [1.165, 1.54) is 25.3 Å². The highest BCUT2D eigenvalue weighted by atomic mass is 79.9. The Hall–Kier alpha value is -1.63. The summed E-state index contributed by atoms with van der Waals surface area (Å²) in [5, 5.41) is 10.5. The average molecular weight is 275 g/mol. The molecule has 1 aromatic carbocycles. The number of carbonyl (C=O) groups excluding carboxylic acids is 1. The number of nitro benzene ring substituents is 1. The van der Waals surface area contributed by atoms with E-state index in [0.717, 1.165) is 3.93 Å². The number of carbonyl (C=O) groups is 1. The molecule has 6 nitrogen and oxygen atoms in total. The summed E-state index contributed by atoms with van der Waals surface area (Å²) < 4.78 is 5.44. The van der Waals surface area contributed by atoms with Gasteiger partial charge in [0.25, 0.3) is 5.69 Å². The number of hydrogen-bond donors (Lipinski definition) is 0. The molecular formula is C8H7BrN2O4. The summed E-state index contributed by atoms with van der Waals surface area (Å²) in [6.45, 7) is 0. The molecule has 80 valence electrons. The maximum Gasteiger partial charge on any atom is 0.424 e. The maximum atomic E-state index is 11.1. The van der Waals surface area contributed by atoms with Crippen molar-refractivity contribution < 1.29 is 14.5 Å². The molecule has 0 aliphatic heterocycles. The standard InChI is InChI=1S/C8H7BrN2O4/c1-15-8(12)10(9)6-3-2-4-7(5-6)11(13)14/h2-5H,1H3. The quantitative estimate of drug-likeness (QED) is 0.472. The van der Waals surface area contributed by atoms with Crippen molar-refractivity contribution in [2.75, 3.05) is 11.0 Å². The lowest BCUT2D eigenvalue weighted by Gasteiger charge is -2.11. The van der Waals surface area contributed by atoms with Crippen molar-refractivity contribution in [1.29, 1.82) is 0 Å². The Balaban J connectivity index is 3.00. The zero-order chi connectivity index (χ0) is 11.4. The summed E-state index contributed by atoms with van der Waals surface area (Å²) in [5.74, 6) is 0. The summed E-state index contributed by atoms with van der Waals surface area (Å²) >= 11 is 2.93. The van der Waals surface area contributed by atoms with Crippen LogP contribution >= 0.6 is 16.1 Å². The van der Waals surface area contributed by atoms with Crippen molar-refractivity contribution in [3.8, 4) is 0 Å². The highest BCUT2D eigenvalue weighted by Crippen LogP contribution is 2.23. The Morgan fingerprint density at radius 3 is 2.80 bits per heavy atom. The minimum Gasteiger partial charge on any atom is -0.452 e. The van der Waals surface area contributed by atoms with E-state index < -0.39 is 11.0 Å². The largest absolute Gasteiger partial charge is 0.452 e. The van der Waals surface area contributed by atoms with Crippen molar-refractivity contribution in [3.05, 3.63) is 34.4 Å². The molecule has 0 N–H and O–H groups in total. The maximum absolute atomic E-state index is 11.1. The van der Waals surface area contributed by atoms with E-state index in [4.69, 9.17) is 0 Å². The van der Waals surface area contributed by atoms with Crippen LogP contribution in [0, 0.1) is 10.1 Å². The number of anilines is 1. The zero-order valence-corrected chi connectivity index (χ0v) is 9.30. The lowest BCUT2D eigenvalue weighted by atomic mass is 10.3. The second-order valence-electron chi connectivity index (χ2n) is 2.53. The van der Waals surface area contributed by atoms with Crippen LogP contribution in [-0.4, -0.2) is 18.1 Å². The first kappa shape index (κ1) is 11.4. The molecule has 0 bridgehead atoms. The minimum atomic E-state index is -0.657. The summed E-state index contributed by atoms with van der Waals surface area (Å²) in [4.78, 5) is 21.0. The van der Waals surface area contributed by atoms with Gasteiger partial charge in [-0.05, 0) is 6.07 Å². The average Bonchev–Trinajstić information content (AvgIpc) is 2.27. The van der Waals surface area contributed by atoms with Gasteiger partial charge in [0.1, 0.15) is 0 Å². The van der Waals surface area contributed by atoms with E-state index in [2.05, 4.69) is 20.9 Å². The van der Waals surface area contributed by atoms with Crippen molar-refractivity contribution >= 4 is 33.6 Å². The fourth-order valence-electron chi connectivity index (χ4n) is 0.914. The monoisotopic (exact) mass is 274 g/mol. The van der Waals surface area contributed by atoms with Crippen LogP contribution in [0.1, 0.15) is 0 Å². The van der Waals surface area contributed by atoms with Gasteiger partial charge in [0.05, 0.1) is 33.9 Å². The van der Waals surface area contributed by atoms with Crippen molar-refractivity contribution in [2.24, 2.45) is 0 Å². The number of hydrogen-bond acceptors (Lipinski definition) is 4. The molecule has 0 fully saturated rings. The van der Waals surface area contributed by atoms with Crippen LogP contribution in [0.15, 0.2) is 24.3 Å². The summed E-state index contributed by atoms with van der Waals surface area (Å²) in [7, 11) is 1.22. The number of ether oxygens (including phenoxy) is 1. The molecule has 0 radical (unpaired) electrons. The first-order valence-corrected chi connectivity index (χ1v) is 4.55. The van der Waals surface area contributed by atoms with Gasteiger partial charge in [-0.3, -0.25) is 10.1 Å². The predicted molar refractivity (Wildman–Crippen MR) is 56.9 cm³/mol. The SMILES string of the molecule is COC(=O)N(Br)c1cccc([N+](=O)[O-])c1. The van der Waals surface area contributed by atoms with Crippen LogP contribution in [0.4, 0.5) is 16.2 Å². The smallest absolute Gasteiger partial charge is 0.424 e. The Morgan fingerprint density at radius 2 is 2.27 bits per heavy atom. The molecule has 1 amide bonds. The normalized spacial score (nSPS) is 9.47. The molecule has 0 heterocycles. The van der Waals surface area contributed by atoms with Crippen molar-refractivity contribution in [3.63, 3.8) is 0 Å². The third-order valence-corrected chi connectivity index (χ3v) is 2.30. The first-order chi connectivity index (χ1) is 7.06. The topological polar surface area (TPSA) is 72.7 Å². The van der Waals surface area contributed by atoms with Crippen LogP contribution in [0.25, 0.3) is 0 Å². The number of rotatable bonds is 2. The van der Waals surface area contributed by atoms with E-state index >= 15 is 0 Å². The second kappa shape index (κ2) is 4.74. The van der Waals surface area contributed by atoms with Crippen LogP contribution in [0.2, 0.25) is 0 Å². The number of nitrogens with zero attached hydrogens (tertiary/aromatic N) is 2. The summed E-state index contributed by atoms with van der Waals surface area (Å²) in [6.07, 6.45) is -0.657.